The van der Waals surface area contributed by atoms with E-state index in [2.05, 4.69) is 48.3 Å². The van der Waals surface area contributed by atoms with Crippen LogP contribution in [-0.2, 0) is 24.2 Å². The molecule has 0 atom stereocenters. The molecule has 5 heteroatoms. The van der Waals surface area contributed by atoms with Crippen LogP contribution in [0, 0.1) is 0 Å². The lowest BCUT2D eigenvalue weighted by Gasteiger charge is -2.19. The second-order valence-electron chi connectivity index (χ2n) is 7.81. The van der Waals surface area contributed by atoms with E-state index in [1.54, 1.807) is 22.4 Å². The Morgan fingerprint density at radius 2 is 1.72 bits per heavy atom. The number of thiazole rings is 1. The summed E-state index contributed by atoms with van der Waals surface area (Å²) in [4.78, 5) is 24.5. The van der Waals surface area contributed by atoms with Gasteiger partial charge in [0.25, 0.3) is 0 Å². The van der Waals surface area contributed by atoms with Crippen molar-refractivity contribution in [2.75, 3.05) is 4.90 Å². The number of fused-ring (bicyclic) bond motifs is 2. The maximum atomic E-state index is 13.5. The van der Waals surface area contributed by atoms with E-state index in [4.69, 9.17) is 4.98 Å². The lowest BCUT2D eigenvalue weighted by molar-refractivity contribution is -0.118. The molecule has 0 aliphatic carbocycles. The van der Waals surface area contributed by atoms with Crippen molar-refractivity contribution in [2.45, 2.75) is 26.3 Å². The van der Waals surface area contributed by atoms with Gasteiger partial charge in [-0.2, -0.15) is 0 Å². The molecule has 5 aromatic rings. The summed E-state index contributed by atoms with van der Waals surface area (Å²) >= 11 is 1.56. The molecule has 0 bridgehead atoms. The standard InChI is InChI=1S/C27H23N3OS/c1-2-19-11-13-24-25(16-19)32-27(29-24)30(18-23-9-5-6-14-28-23)26(31)17-20-10-12-21-7-3-4-8-22(21)15-20/h3-16H,2,17-18H2,1H3. The first-order chi connectivity index (χ1) is 15.7. The third-order valence-electron chi connectivity index (χ3n) is 5.60. The molecule has 0 fully saturated rings. The monoisotopic (exact) mass is 437 g/mol. The molecule has 2 aromatic heterocycles. The van der Waals surface area contributed by atoms with Crippen molar-refractivity contribution < 1.29 is 4.79 Å². The number of carbonyl (C=O) groups is 1. The Bertz CT molecular complexity index is 1390. The van der Waals surface area contributed by atoms with Crippen LogP contribution in [0.2, 0.25) is 0 Å². The first-order valence-corrected chi connectivity index (χ1v) is 11.6. The van der Waals surface area contributed by atoms with E-state index in [0.717, 1.165) is 33.3 Å². The lowest BCUT2D eigenvalue weighted by Crippen LogP contribution is -2.32. The largest absolute Gasteiger partial charge is 0.282 e. The first-order valence-electron chi connectivity index (χ1n) is 10.8. The SMILES string of the molecule is CCc1ccc2nc(N(Cc3ccccn3)C(=O)Cc3ccc4ccccc4c3)sc2c1. The molecule has 0 aliphatic heterocycles. The predicted molar refractivity (Wildman–Crippen MR) is 132 cm³/mol. The zero-order valence-electron chi connectivity index (χ0n) is 17.9. The predicted octanol–water partition coefficient (Wildman–Crippen LogP) is 6.18. The number of nitrogens with zero attached hydrogens (tertiary/aromatic N) is 3. The summed E-state index contributed by atoms with van der Waals surface area (Å²) in [5, 5.41) is 3.03. The topological polar surface area (TPSA) is 46.1 Å². The number of amides is 1. The molecular weight excluding hydrogens is 414 g/mol. The molecule has 5 rings (SSSR count). The van der Waals surface area contributed by atoms with Crippen molar-refractivity contribution in [3.8, 4) is 0 Å². The summed E-state index contributed by atoms with van der Waals surface area (Å²) in [6.45, 7) is 2.54. The number of hydrogen-bond donors (Lipinski definition) is 0. The van der Waals surface area contributed by atoms with E-state index in [0.29, 0.717) is 18.1 Å². The Morgan fingerprint density at radius 3 is 2.53 bits per heavy atom. The highest BCUT2D eigenvalue weighted by Gasteiger charge is 2.21. The average Bonchev–Trinajstić information content (AvgIpc) is 3.26. The van der Waals surface area contributed by atoms with Gasteiger partial charge < -0.3 is 0 Å². The van der Waals surface area contributed by atoms with Gasteiger partial charge in [-0.05, 0) is 52.6 Å². The molecule has 0 saturated heterocycles. The zero-order chi connectivity index (χ0) is 21.9. The Morgan fingerprint density at radius 1 is 0.906 bits per heavy atom. The van der Waals surface area contributed by atoms with E-state index in [9.17, 15) is 4.79 Å². The Labute approximate surface area is 191 Å². The van der Waals surface area contributed by atoms with Crippen LogP contribution >= 0.6 is 11.3 Å². The van der Waals surface area contributed by atoms with Crippen LogP contribution in [0.1, 0.15) is 23.7 Å². The summed E-state index contributed by atoms with van der Waals surface area (Å²) in [7, 11) is 0. The summed E-state index contributed by atoms with van der Waals surface area (Å²) in [5.74, 6) is 0.0145. The maximum absolute atomic E-state index is 13.5. The minimum Gasteiger partial charge on any atom is -0.282 e. The fourth-order valence-corrected chi connectivity index (χ4v) is 4.87. The Kier molecular flexibility index (Phi) is 5.65. The fraction of sp³-hybridized carbons (Fsp3) is 0.148. The van der Waals surface area contributed by atoms with Crippen LogP contribution in [0.25, 0.3) is 21.0 Å². The molecule has 4 nitrogen and oxygen atoms in total. The minimum atomic E-state index is 0.0145. The number of benzene rings is 3. The second kappa shape index (κ2) is 8.89. The molecule has 2 heterocycles. The summed E-state index contributed by atoms with van der Waals surface area (Å²) < 4.78 is 1.10. The van der Waals surface area contributed by atoms with Gasteiger partial charge in [0, 0.05) is 6.20 Å². The Hall–Kier alpha value is -3.57. The molecule has 3 aromatic carbocycles. The van der Waals surface area contributed by atoms with E-state index >= 15 is 0 Å². The summed E-state index contributed by atoms with van der Waals surface area (Å²) in [6.07, 6.45) is 3.04. The highest BCUT2D eigenvalue weighted by molar-refractivity contribution is 7.22. The molecule has 0 aliphatic rings. The van der Waals surface area contributed by atoms with Crippen LogP contribution in [0.4, 0.5) is 5.13 Å². The van der Waals surface area contributed by atoms with Crippen molar-refractivity contribution in [3.05, 3.63) is 102 Å². The van der Waals surface area contributed by atoms with Crippen LogP contribution in [0.5, 0.6) is 0 Å². The highest BCUT2D eigenvalue weighted by atomic mass is 32.1. The molecule has 0 N–H and O–H groups in total. The van der Waals surface area contributed by atoms with Crippen molar-refractivity contribution in [3.63, 3.8) is 0 Å². The summed E-state index contributed by atoms with van der Waals surface area (Å²) in [5.41, 5.74) is 4.03. The molecular formula is C27H23N3OS. The highest BCUT2D eigenvalue weighted by Crippen LogP contribution is 2.31. The number of aromatic nitrogens is 2. The number of aryl methyl sites for hydroxylation is 1. The van der Waals surface area contributed by atoms with E-state index in [-0.39, 0.29) is 5.91 Å². The van der Waals surface area contributed by atoms with Gasteiger partial charge in [-0.1, -0.05) is 72.9 Å². The van der Waals surface area contributed by atoms with Gasteiger partial charge in [0.1, 0.15) is 0 Å². The number of anilines is 1. The molecule has 158 valence electrons. The normalized spacial score (nSPS) is 11.2. The van der Waals surface area contributed by atoms with E-state index < -0.39 is 0 Å². The van der Waals surface area contributed by atoms with Gasteiger partial charge >= 0.3 is 0 Å². The third kappa shape index (κ3) is 4.25. The van der Waals surface area contributed by atoms with Gasteiger partial charge in [-0.3, -0.25) is 14.7 Å². The van der Waals surface area contributed by atoms with E-state index in [1.807, 2.05) is 42.5 Å². The number of rotatable bonds is 6. The van der Waals surface area contributed by atoms with Crippen molar-refractivity contribution in [2.24, 2.45) is 0 Å². The van der Waals surface area contributed by atoms with Crippen molar-refractivity contribution in [1.82, 2.24) is 9.97 Å². The molecule has 0 saturated carbocycles. The fourth-order valence-electron chi connectivity index (χ4n) is 3.83. The van der Waals surface area contributed by atoms with E-state index in [1.165, 1.54) is 10.9 Å². The lowest BCUT2D eigenvalue weighted by atomic mass is 10.0. The second-order valence-corrected chi connectivity index (χ2v) is 8.82. The molecule has 32 heavy (non-hydrogen) atoms. The van der Waals surface area contributed by atoms with Crippen LogP contribution in [-0.4, -0.2) is 15.9 Å². The molecule has 0 radical (unpaired) electrons. The van der Waals surface area contributed by atoms with Crippen LogP contribution in [0.15, 0.2) is 85.1 Å². The third-order valence-corrected chi connectivity index (χ3v) is 6.64. The average molecular weight is 438 g/mol. The number of pyridine rings is 1. The smallest absolute Gasteiger partial charge is 0.233 e. The van der Waals surface area contributed by atoms with Crippen molar-refractivity contribution >= 4 is 43.4 Å². The van der Waals surface area contributed by atoms with Crippen molar-refractivity contribution in [1.29, 1.82) is 0 Å². The quantitative estimate of drug-likeness (QED) is 0.318. The Balaban J connectivity index is 1.49. The van der Waals surface area contributed by atoms with Gasteiger partial charge in [0.05, 0.1) is 28.9 Å². The van der Waals surface area contributed by atoms with Gasteiger partial charge in [0.2, 0.25) is 5.91 Å². The molecule has 0 spiro atoms. The van der Waals surface area contributed by atoms with Gasteiger partial charge in [-0.15, -0.1) is 0 Å². The van der Waals surface area contributed by atoms with Gasteiger partial charge in [0.15, 0.2) is 5.13 Å². The number of carbonyl (C=O) groups excluding carboxylic acids is 1. The minimum absolute atomic E-state index is 0.0145. The molecule has 1 amide bonds. The zero-order valence-corrected chi connectivity index (χ0v) is 18.7. The number of hydrogen-bond acceptors (Lipinski definition) is 4. The van der Waals surface area contributed by atoms with Crippen LogP contribution in [0.3, 0.4) is 0 Å². The summed E-state index contributed by atoms with van der Waals surface area (Å²) in [6, 6.07) is 26.5. The molecule has 0 unspecified atom stereocenters. The maximum Gasteiger partial charge on any atom is 0.233 e. The van der Waals surface area contributed by atoms with Gasteiger partial charge in [-0.25, -0.2) is 4.98 Å². The van der Waals surface area contributed by atoms with Crippen LogP contribution < -0.4 is 4.90 Å². The first kappa shape index (κ1) is 20.3.